The van der Waals surface area contributed by atoms with Gasteiger partial charge in [-0.05, 0) is 18.2 Å². The van der Waals surface area contributed by atoms with Gasteiger partial charge in [0.15, 0.2) is 0 Å². The average molecular weight is 237 g/mol. The number of amides is 1. The van der Waals surface area contributed by atoms with Gasteiger partial charge in [0.25, 0.3) is 5.91 Å². The second-order valence-electron chi connectivity index (χ2n) is 4.89. The van der Waals surface area contributed by atoms with E-state index in [1.165, 1.54) is 0 Å². The molecule has 0 unspecified atom stereocenters. The fourth-order valence-electron chi connectivity index (χ4n) is 1.29. The van der Waals surface area contributed by atoms with Crippen LogP contribution in [0.5, 0.6) is 0 Å². The molecule has 0 heterocycles. The second-order valence-corrected chi connectivity index (χ2v) is 4.89. The summed E-state index contributed by atoms with van der Waals surface area (Å²) in [7, 11) is 0. The Kier molecular flexibility index (Phi) is 3.96. The molecule has 0 saturated heterocycles. The SMILES string of the molecule is CC(C)(CO)CNC(=O)c1cc(N)cc(N)c1. The molecule has 0 atom stereocenters. The van der Waals surface area contributed by atoms with E-state index < -0.39 is 0 Å². The summed E-state index contributed by atoms with van der Waals surface area (Å²) < 4.78 is 0. The Bertz CT molecular complexity index is 396. The van der Waals surface area contributed by atoms with Crippen molar-refractivity contribution < 1.29 is 9.90 Å². The van der Waals surface area contributed by atoms with Gasteiger partial charge >= 0.3 is 0 Å². The summed E-state index contributed by atoms with van der Waals surface area (Å²) in [5, 5.41) is 11.8. The third kappa shape index (κ3) is 3.96. The summed E-state index contributed by atoms with van der Waals surface area (Å²) in [4.78, 5) is 11.8. The molecule has 0 saturated carbocycles. The number of rotatable bonds is 4. The van der Waals surface area contributed by atoms with Crippen LogP contribution < -0.4 is 16.8 Å². The predicted octanol–water partition coefficient (Wildman–Crippen LogP) is 0.599. The Balaban J connectivity index is 2.70. The van der Waals surface area contributed by atoms with Crippen LogP contribution in [0.2, 0.25) is 0 Å². The maximum Gasteiger partial charge on any atom is 0.251 e. The van der Waals surface area contributed by atoms with Crippen molar-refractivity contribution in [2.75, 3.05) is 24.6 Å². The Morgan fingerprint density at radius 2 is 1.82 bits per heavy atom. The maximum absolute atomic E-state index is 11.8. The minimum atomic E-state index is -0.346. The lowest BCUT2D eigenvalue weighted by Crippen LogP contribution is -2.36. The van der Waals surface area contributed by atoms with Crippen molar-refractivity contribution in [1.29, 1.82) is 0 Å². The molecule has 17 heavy (non-hydrogen) atoms. The lowest BCUT2D eigenvalue weighted by atomic mass is 9.95. The molecule has 0 bridgehead atoms. The third-order valence-corrected chi connectivity index (χ3v) is 2.40. The Hall–Kier alpha value is -1.75. The molecule has 1 aromatic rings. The van der Waals surface area contributed by atoms with Crippen LogP contribution in [0.1, 0.15) is 24.2 Å². The third-order valence-electron chi connectivity index (χ3n) is 2.40. The van der Waals surface area contributed by atoms with E-state index in [4.69, 9.17) is 16.6 Å². The Morgan fingerprint density at radius 3 is 2.29 bits per heavy atom. The van der Waals surface area contributed by atoms with Gasteiger partial charge in [0.05, 0.1) is 0 Å². The van der Waals surface area contributed by atoms with E-state index in [0.717, 1.165) is 0 Å². The van der Waals surface area contributed by atoms with E-state index in [-0.39, 0.29) is 17.9 Å². The van der Waals surface area contributed by atoms with Crippen molar-refractivity contribution >= 4 is 17.3 Å². The summed E-state index contributed by atoms with van der Waals surface area (Å²) >= 11 is 0. The molecule has 1 rings (SSSR count). The van der Waals surface area contributed by atoms with E-state index in [9.17, 15) is 4.79 Å². The smallest absolute Gasteiger partial charge is 0.251 e. The summed E-state index contributed by atoms with van der Waals surface area (Å²) in [5.74, 6) is -0.245. The van der Waals surface area contributed by atoms with Crippen LogP contribution in [0, 0.1) is 5.41 Å². The lowest BCUT2D eigenvalue weighted by molar-refractivity contribution is 0.0911. The molecule has 0 aromatic heterocycles. The highest BCUT2D eigenvalue weighted by Crippen LogP contribution is 2.15. The zero-order valence-corrected chi connectivity index (χ0v) is 10.2. The number of carbonyl (C=O) groups excluding carboxylic acids is 1. The normalized spacial score (nSPS) is 11.2. The molecule has 5 heteroatoms. The average Bonchev–Trinajstić information content (AvgIpc) is 2.24. The maximum atomic E-state index is 11.8. The summed E-state index contributed by atoms with van der Waals surface area (Å²) in [5.41, 5.74) is 12.2. The molecule has 0 fully saturated rings. The van der Waals surface area contributed by atoms with Gasteiger partial charge in [-0.2, -0.15) is 0 Å². The van der Waals surface area contributed by atoms with E-state index in [2.05, 4.69) is 5.32 Å². The summed E-state index contributed by atoms with van der Waals surface area (Å²) in [6, 6.07) is 4.73. The molecule has 0 spiro atoms. The van der Waals surface area contributed by atoms with Gasteiger partial charge in [0, 0.05) is 35.5 Å². The first-order valence-electron chi connectivity index (χ1n) is 5.39. The zero-order valence-electron chi connectivity index (χ0n) is 10.2. The van der Waals surface area contributed by atoms with Gasteiger partial charge in [-0.25, -0.2) is 0 Å². The van der Waals surface area contributed by atoms with Gasteiger partial charge in [-0.15, -0.1) is 0 Å². The van der Waals surface area contributed by atoms with Gasteiger partial charge in [-0.1, -0.05) is 13.8 Å². The molecule has 0 aliphatic heterocycles. The molecule has 94 valence electrons. The van der Waals surface area contributed by atoms with Crippen LogP contribution in [-0.4, -0.2) is 24.2 Å². The molecule has 0 aliphatic rings. The Morgan fingerprint density at radius 1 is 1.29 bits per heavy atom. The fourth-order valence-corrected chi connectivity index (χ4v) is 1.29. The van der Waals surface area contributed by atoms with Gasteiger partial charge < -0.3 is 21.9 Å². The Labute approximate surface area is 101 Å². The molecule has 0 radical (unpaired) electrons. The van der Waals surface area contributed by atoms with Crippen LogP contribution in [0.25, 0.3) is 0 Å². The highest BCUT2D eigenvalue weighted by molar-refractivity contribution is 5.96. The number of benzene rings is 1. The largest absolute Gasteiger partial charge is 0.399 e. The van der Waals surface area contributed by atoms with E-state index >= 15 is 0 Å². The van der Waals surface area contributed by atoms with Crippen LogP contribution in [0.15, 0.2) is 18.2 Å². The number of anilines is 2. The van der Waals surface area contributed by atoms with Crippen LogP contribution >= 0.6 is 0 Å². The van der Waals surface area contributed by atoms with Gasteiger partial charge in [0.1, 0.15) is 0 Å². The van der Waals surface area contributed by atoms with E-state index in [1.54, 1.807) is 18.2 Å². The number of nitrogens with two attached hydrogens (primary N) is 2. The molecule has 6 N–H and O–H groups in total. The first kappa shape index (κ1) is 13.3. The van der Waals surface area contributed by atoms with Crippen molar-refractivity contribution in [1.82, 2.24) is 5.32 Å². The standard InChI is InChI=1S/C12H19N3O2/c1-12(2,7-16)6-15-11(17)8-3-9(13)5-10(14)4-8/h3-5,16H,6-7,13-14H2,1-2H3,(H,15,17). The monoisotopic (exact) mass is 237 g/mol. The van der Waals surface area contributed by atoms with Gasteiger partial charge in [0.2, 0.25) is 0 Å². The topological polar surface area (TPSA) is 101 Å². The fraction of sp³-hybridized carbons (Fsp3) is 0.417. The lowest BCUT2D eigenvalue weighted by Gasteiger charge is -2.21. The van der Waals surface area contributed by atoms with Crippen molar-refractivity contribution in [3.05, 3.63) is 23.8 Å². The summed E-state index contributed by atoms with van der Waals surface area (Å²) in [6.45, 7) is 4.12. The minimum absolute atomic E-state index is 0.00630. The molecule has 1 amide bonds. The van der Waals surface area contributed by atoms with E-state index in [0.29, 0.717) is 23.5 Å². The number of aliphatic hydroxyl groups excluding tert-OH is 1. The van der Waals surface area contributed by atoms with Crippen LogP contribution in [-0.2, 0) is 0 Å². The molecule has 5 nitrogen and oxygen atoms in total. The van der Waals surface area contributed by atoms with Crippen molar-refractivity contribution in [2.24, 2.45) is 5.41 Å². The molecular weight excluding hydrogens is 218 g/mol. The van der Waals surface area contributed by atoms with Gasteiger partial charge in [-0.3, -0.25) is 4.79 Å². The van der Waals surface area contributed by atoms with Crippen molar-refractivity contribution in [2.45, 2.75) is 13.8 Å². The first-order chi connectivity index (χ1) is 7.84. The van der Waals surface area contributed by atoms with Crippen LogP contribution in [0.4, 0.5) is 11.4 Å². The quantitative estimate of drug-likeness (QED) is 0.576. The number of carbonyl (C=O) groups is 1. The second kappa shape index (κ2) is 5.05. The number of hydrogen-bond donors (Lipinski definition) is 4. The van der Waals surface area contributed by atoms with E-state index in [1.807, 2.05) is 13.8 Å². The highest BCUT2D eigenvalue weighted by atomic mass is 16.3. The van der Waals surface area contributed by atoms with Crippen molar-refractivity contribution in [3.63, 3.8) is 0 Å². The molecule has 1 aromatic carbocycles. The highest BCUT2D eigenvalue weighted by Gasteiger charge is 2.18. The molecule has 0 aliphatic carbocycles. The number of hydrogen-bond acceptors (Lipinski definition) is 4. The number of nitrogens with one attached hydrogen (secondary N) is 1. The summed E-state index contributed by atoms with van der Waals surface area (Å²) in [6.07, 6.45) is 0. The predicted molar refractivity (Wildman–Crippen MR) is 68.5 cm³/mol. The van der Waals surface area contributed by atoms with Crippen LogP contribution in [0.3, 0.4) is 0 Å². The molecular formula is C12H19N3O2. The number of nitrogen functional groups attached to an aromatic ring is 2. The first-order valence-corrected chi connectivity index (χ1v) is 5.39. The van der Waals surface area contributed by atoms with Crippen molar-refractivity contribution in [3.8, 4) is 0 Å². The minimum Gasteiger partial charge on any atom is -0.399 e. The number of aliphatic hydroxyl groups is 1. The zero-order chi connectivity index (χ0) is 13.1.